The molecule has 1 aliphatic heterocycles. The number of hydrogen-bond donors (Lipinski definition) is 1. The normalized spacial score (nSPS) is 20.5. The second-order valence-corrected chi connectivity index (χ2v) is 6.95. The number of primary sulfonamides is 1. The lowest BCUT2D eigenvalue weighted by molar-refractivity contribution is -0.0404. The summed E-state index contributed by atoms with van der Waals surface area (Å²) < 4.78 is 34.4. The van der Waals surface area contributed by atoms with Crippen molar-refractivity contribution in [1.29, 1.82) is 0 Å². The molecule has 1 aromatic rings. The second-order valence-electron chi connectivity index (χ2n) is 5.42. The van der Waals surface area contributed by atoms with Crippen molar-refractivity contribution >= 4 is 10.0 Å². The van der Waals surface area contributed by atoms with Crippen LogP contribution in [0.3, 0.4) is 0 Å². The van der Waals surface area contributed by atoms with Crippen LogP contribution in [0.25, 0.3) is 0 Å². The first-order valence-electron chi connectivity index (χ1n) is 6.85. The molecular formula is C14H22N2O4S. The van der Waals surface area contributed by atoms with Crippen molar-refractivity contribution < 1.29 is 17.9 Å². The molecule has 0 aromatic heterocycles. The molecule has 0 radical (unpaired) electrons. The third kappa shape index (κ3) is 3.94. The standard InChI is InChI=1S/C14H22N2O4S/c1-10-11(2)14(21(15,17)18)5-4-13(10)20-9-12-8-16(3)6-7-19-12/h4-5,12H,6-9H2,1-3H3,(H2,15,17,18). The van der Waals surface area contributed by atoms with Gasteiger partial charge in [-0.2, -0.15) is 0 Å². The predicted octanol–water partition coefficient (Wildman–Crippen LogP) is 0.660. The number of likely N-dealkylation sites (N-methyl/N-ethyl adjacent to an activating group) is 1. The second kappa shape index (κ2) is 6.31. The van der Waals surface area contributed by atoms with Crippen molar-refractivity contribution in [2.24, 2.45) is 5.14 Å². The Morgan fingerprint density at radius 2 is 2.10 bits per heavy atom. The zero-order valence-corrected chi connectivity index (χ0v) is 13.4. The van der Waals surface area contributed by atoms with Gasteiger partial charge in [0, 0.05) is 13.1 Å². The average molecular weight is 314 g/mol. The molecular weight excluding hydrogens is 292 g/mol. The maximum Gasteiger partial charge on any atom is 0.238 e. The summed E-state index contributed by atoms with van der Waals surface area (Å²) in [5.74, 6) is 0.664. The largest absolute Gasteiger partial charge is 0.491 e. The molecule has 1 saturated heterocycles. The summed E-state index contributed by atoms with van der Waals surface area (Å²) in [6.07, 6.45) is 0.0290. The van der Waals surface area contributed by atoms with E-state index in [4.69, 9.17) is 14.6 Å². The van der Waals surface area contributed by atoms with Crippen LogP contribution < -0.4 is 9.88 Å². The Labute approximate surface area is 125 Å². The van der Waals surface area contributed by atoms with Gasteiger partial charge >= 0.3 is 0 Å². The van der Waals surface area contributed by atoms with E-state index in [1.54, 1.807) is 13.0 Å². The molecule has 1 aromatic carbocycles. The Hall–Kier alpha value is -1.15. The third-order valence-corrected chi connectivity index (χ3v) is 4.82. The molecule has 6 nitrogen and oxygen atoms in total. The summed E-state index contributed by atoms with van der Waals surface area (Å²) in [6, 6.07) is 3.13. The molecule has 2 N–H and O–H groups in total. The molecule has 0 spiro atoms. The number of rotatable bonds is 4. The van der Waals surface area contributed by atoms with E-state index in [1.807, 2.05) is 14.0 Å². The van der Waals surface area contributed by atoms with E-state index >= 15 is 0 Å². The van der Waals surface area contributed by atoms with Gasteiger partial charge in [-0.25, -0.2) is 13.6 Å². The molecule has 0 aliphatic carbocycles. The Morgan fingerprint density at radius 3 is 2.71 bits per heavy atom. The molecule has 1 fully saturated rings. The number of hydrogen-bond acceptors (Lipinski definition) is 5. The van der Waals surface area contributed by atoms with Crippen LogP contribution in [0, 0.1) is 13.8 Å². The lowest BCUT2D eigenvalue weighted by Crippen LogP contribution is -2.42. The van der Waals surface area contributed by atoms with E-state index in [-0.39, 0.29) is 11.0 Å². The van der Waals surface area contributed by atoms with E-state index in [0.717, 1.165) is 18.7 Å². The Bertz CT molecular complexity index is 616. The van der Waals surface area contributed by atoms with E-state index in [9.17, 15) is 8.42 Å². The van der Waals surface area contributed by atoms with Gasteiger partial charge < -0.3 is 14.4 Å². The number of sulfonamides is 1. The van der Waals surface area contributed by atoms with Gasteiger partial charge in [-0.15, -0.1) is 0 Å². The maximum atomic E-state index is 11.5. The van der Waals surface area contributed by atoms with Gasteiger partial charge in [-0.05, 0) is 44.2 Å². The van der Waals surface area contributed by atoms with Crippen molar-refractivity contribution in [2.45, 2.75) is 24.8 Å². The van der Waals surface area contributed by atoms with E-state index < -0.39 is 10.0 Å². The van der Waals surface area contributed by atoms with Crippen LogP contribution in [0.1, 0.15) is 11.1 Å². The van der Waals surface area contributed by atoms with Crippen molar-refractivity contribution in [3.63, 3.8) is 0 Å². The number of nitrogens with zero attached hydrogens (tertiary/aromatic N) is 1. The molecule has 2 rings (SSSR count). The Balaban J connectivity index is 2.09. The van der Waals surface area contributed by atoms with Crippen LogP contribution in [-0.2, 0) is 14.8 Å². The van der Waals surface area contributed by atoms with Gasteiger partial charge in [-0.1, -0.05) is 0 Å². The summed E-state index contributed by atoms with van der Waals surface area (Å²) in [5, 5.41) is 5.19. The summed E-state index contributed by atoms with van der Waals surface area (Å²) in [6.45, 7) is 6.46. The van der Waals surface area contributed by atoms with E-state index in [2.05, 4.69) is 4.90 Å². The summed E-state index contributed by atoms with van der Waals surface area (Å²) in [7, 11) is -1.65. The fourth-order valence-electron chi connectivity index (χ4n) is 2.39. The molecule has 1 unspecified atom stereocenters. The summed E-state index contributed by atoms with van der Waals surface area (Å²) in [4.78, 5) is 2.33. The number of benzene rings is 1. The highest BCUT2D eigenvalue weighted by Crippen LogP contribution is 2.26. The number of morpholine rings is 1. The van der Waals surface area contributed by atoms with Gasteiger partial charge in [0.25, 0.3) is 0 Å². The molecule has 1 atom stereocenters. The zero-order chi connectivity index (χ0) is 15.6. The summed E-state index contributed by atoms with van der Waals surface area (Å²) in [5.41, 5.74) is 1.40. The van der Waals surface area contributed by atoms with Crippen LogP contribution >= 0.6 is 0 Å². The molecule has 0 bridgehead atoms. The minimum atomic E-state index is -3.70. The fraction of sp³-hybridized carbons (Fsp3) is 0.571. The van der Waals surface area contributed by atoms with Gasteiger partial charge in [-0.3, -0.25) is 0 Å². The predicted molar refractivity (Wildman–Crippen MR) is 80.0 cm³/mol. The van der Waals surface area contributed by atoms with Gasteiger partial charge in [0.15, 0.2) is 0 Å². The van der Waals surface area contributed by atoms with Crippen LogP contribution in [-0.4, -0.2) is 52.8 Å². The summed E-state index contributed by atoms with van der Waals surface area (Å²) >= 11 is 0. The van der Waals surface area contributed by atoms with Crippen LogP contribution in [0.5, 0.6) is 5.75 Å². The first kappa shape index (κ1) is 16.2. The minimum Gasteiger partial charge on any atom is -0.491 e. The molecule has 118 valence electrons. The molecule has 0 saturated carbocycles. The highest BCUT2D eigenvalue weighted by Gasteiger charge is 2.20. The molecule has 21 heavy (non-hydrogen) atoms. The monoisotopic (exact) mass is 314 g/mol. The number of ether oxygens (including phenoxy) is 2. The molecule has 1 heterocycles. The van der Waals surface area contributed by atoms with Crippen molar-refractivity contribution in [3.05, 3.63) is 23.3 Å². The first-order chi connectivity index (χ1) is 9.79. The smallest absolute Gasteiger partial charge is 0.238 e. The van der Waals surface area contributed by atoms with Gasteiger partial charge in [0.1, 0.15) is 18.5 Å². The Morgan fingerprint density at radius 1 is 1.38 bits per heavy atom. The fourth-order valence-corrected chi connectivity index (χ4v) is 3.22. The first-order valence-corrected chi connectivity index (χ1v) is 8.39. The molecule has 7 heteroatoms. The maximum absolute atomic E-state index is 11.5. The van der Waals surface area contributed by atoms with E-state index in [1.165, 1.54) is 6.07 Å². The van der Waals surface area contributed by atoms with Crippen molar-refractivity contribution in [2.75, 3.05) is 33.4 Å². The number of nitrogens with two attached hydrogens (primary N) is 1. The quantitative estimate of drug-likeness (QED) is 0.883. The topological polar surface area (TPSA) is 81.9 Å². The highest BCUT2D eigenvalue weighted by molar-refractivity contribution is 7.89. The zero-order valence-electron chi connectivity index (χ0n) is 12.6. The third-order valence-electron chi connectivity index (χ3n) is 3.76. The van der Waals surface area contributed by atoms with Crippen LogP contribution in [0.2, 0.25) is 0 Å². The Kier molecular flexibility index (Phi) is 4.88. The van der Waals surface area contributed by atoms with Crippen molar-refractivity contribution in [3.8, 4) is 5.75 Å². The molecule has 0 amide bonds. The SMILES string of the molecule is Cc1c(OCC2CN(C)CCO2)ccc(S(N)(=O)=O)c1C. The van der Waals surface area contributed by atoms with Crippen LogP contribution in [0.15, 0.2) is 17.0 Å². The van der Waals surface area contributed by atoms with Gasteiger partial charge in [0.05, 0.1) is 11.5 Å². The van der Waals surface area contributed by atoms with Crippen molar-refractivity contribution in [1.82, 2.24) is 4.90 Å². The van der Waals surface area contributed by atoms with Crippen LogP contribution in [0.4, 0.5) is 0 Å². The van der Waals surface area contributed by atoms with Gasteiger partial charge in [0.2, 0.25) is 10.0 Å². The highest BCUT2D eigenvalue weighted by atomic mass is 32.2. The van der Waals surface area contributed by atoms with E-state index in [0.29, 0.717) is 24.5 Å². The molecule has 1 aliphatic rings. The lowest BCUT2D eigenvalue weighted by Gasteiger charge is -2.30. The minimum absolute atomic E-state index is 0.0290. The average Bonchev–Trinajstić information content (AvgIpc) is 2.39. The lowest BCUT2D eigenvalue weighted by atomic mass is 10.1.